The zero-order chi connectivity index (χ0) is 28.3. The summed E-state index contributed by atoms with van der Waals surface area (Å²) in [5, 5.41) is 4.03. The first-order valence-corrected chi connectivity index (χ1v) is 14.7. The number of nitrogens with one attached hydrogen (secondary N) is 1. The van der Waals surface area contributed by atoms with Gasteiger partial charge in [-0.3, -0.25) is 14.4 Å². The predicted molar refractivity (Wildman–Crippen MR) is 161 cm³/mol. The lowest BCUT2D eigenvalue weighted by Gasteiger charge is -2.43. The summed E-state index contributed by atoms with van der Waals surface area (Å²) in [5.41, 5.74) is 1.61. The summed E-state index contributed by atoms with van der Waals surface area (Å²) in [5.74, 6) is -0.363. The lowest BCUT2D eigenvalue weighted by molar-refractivity contribution is -0.137. The van der Waals surface area contributed by atoms with Gasteiger partial charge in [0.05, 0.1) is 6.67 Å². The van der Waals surface area contributed by atoms with Crippen molar-refractivity contribution in [2.24, 2.45) is 0 Å². The second-order valence-corrected chi connectivity index (χ2v) is 11.8. The topological polar surface area (TPSA) is 73.0 Å². The minimum Gasteiger partial charge on any atom is -0.354 e. The number of carbonyl (C=O) groups excluding carboxylic acids is 3. The molecule has 5 rings (SSSR count). The first-order valence-electron chi connectivity index (χ1n) is 13.1. The van der Waals surface area contributed by atoms with Gasteiger partial charge in [0.2, 0.25) is 5.91 Å². The number of halogens is 3. The predicted octanol–water partition coefficient (Wildman–Crippen LogP) is 5.40. The van der Waals surface area contributed by atoms with Gasteiger partial charge >= 0.3 is 0 Å². The number of rotatable bonds is 7. The summed E-state index contributed by atoms with van der Waals surface area (Å²) in [6, 6.07) is 22.4. The maximum atomic E-state index is 13.9. The lowest BCUT2D eigenvalue weighted by Crippen LogP contribution is -2.57. The Kier molecular flexibility index (Phi) is 8.68. The van der Waals surface area contributed by atoms with Crippen molar-refractivity contribution in [3.63, 3.8) is 0 Å². The summed E-state index contributed by atoms with van der Waals surface area (Å²) >= 11 is 15.6. The molecule has 3 aromatic carbocycles. The molecule has 2 fully saturated rings. The summed E-state index contributed by atoms with van der Waals surface area (Å²) in [6.07, 6.45) is 1.51. The Hall–Kier alpha value is -3.07. The molecule has 2 aliphatic heterocycles. The molecule has 2 aliphatic rings. The molecule has 1 N–H and O–H groups in total. The zero-order valence-electron chi connectivity index (χ0n) is 21.8. The molecule has 40 heavy (non-hydrogen) atoms. The third-order valence-corrected chi connectivity index (χ3v) is 8.68. The van der Waals surface area contributed by atoms with Gasteiger partial charge in [-0.1, -0.05) is 69.5 Å². The van der Waals surface area contributed by atoms with Crippen LogP contribution in [0.3, 0.4) is 0 Å². The molecular formula is C30H29BrCl2N4O3. The molecule has 2 heterocycles. The highest BCUT2D eigenvalue weighted by atomic mass is 79.9. The molecule has 3 aromatic rings. The zero-order valence-corrected chi connectivity index (χ0v) is 24.9. The number of likely N-dealkylation sites (tertiary alicyclic amines) is 1. The molecule has 0 bridgehead atoms. The van der Waals surface area contributed by atoms with Gasteiger partial charge in [-0.15, -0.1) is 0 Å². The molecule has 2 saturated heterocycles. The second-order valence-electron chi connectivity index (χ2n) is 10.1. The number of amides is 3. The van der Waals surface area contributed by atoms with Gasteiger partial charge in [0.15, 0.2) is 0 Å². The highest BCUT2D eigenvalue weighted by Crippen LogP contribution is 2.39. The molecule has 0 saturated carbocycles. The Balaban J connectivity index is 1.26. The van der Waals surface area contributed by atoms with Gasteiger partial charge in [0, 0.05) is 45.4 Å². The van der Waals surface area contributed by atoms with E-state index in [1.807, 2.05) is 54.6 Å². The van der Waals surface area contributed by atoms with Crippen LogP contribution in [0.5, 0.6) is 0 Å². The van der Waals surface area contributed by atoms with Crippen LogP contribution < -0.4 is 10.2 Å². The molecule has 1 spiro atoms. The van der Waals surface area contributed by atoms with Gasteiger partial charge in [-0.25, -0.2) is 0 Å². The summed E-state index contributed by atoms with van der Waals surface area (Å²) < 4.78 is 0.846. The van der Waals surface area contributed by atoms with E-state index in [1.54, 1.807) is 28.0 Å². The van der Waals surface area contributed by atoms with Crippen LogP contribution in [0.4, 0.5) is 5.69 Å². The fourth-order valence-corrected chi connectivity index (χ4v) is 6.40. The van der Waals surface area contributed by atoms with E-state index in [4.69, 9.17) is 23.2 Å². The molecule has 3 amide bonds. The average molecular weight is 644 g/mol. The number of para-hydroxylation sites is 1. The monoisotopic (exact) mass is 642 g/mol. The second kappa shape index (κ2) is 12.2. The first kappa shape index (κ1) is 28.5. The normalized spacial score (nSPS) is 16.5. The van der Waals surface area contributed by atoms with E-state index in [0.717, 1.165) is 15.7 Å². The SMILES string of the molecule is O=C(CN1CN(c2ccccc2)C2(CCN(C(=O)c3cccc(Br)c3)CC2)C1=O)NCCc1ccc(Cl)cc1Cl. The van der Waals surface area contributed by atoms with Crippen molar-refractivity contribution in [3.8, 4) is 0 Å². The number of piperidine rings is 1. The van der Waals surface area contributed by atoms with Crippen LogP contribution in [0, 0.1) is 0 Å². The van der Waals surface area contributed by atoms with Crippen molar-refractivity contribution in [3.05, 3.63) is 98.4 Å². The van der Waals surface area contributed by atoms with Crippen molar-refractivity contribution in [2.45, 2.75) is 24.8 Å². The third-order valence-electron chi connectivity index (χ3n) is 7.60. The van der Waals surface area contributed by atoms with Crippen LogP contribution in [-0.2, 0) is 16.0 Å². The Labute approximate surface area is 252 Å². The fraction of sp³-hybridized carbons (Fsp3) is 0.300. The van der Waals surface area contributed by atoms with Gasteiger partial charge in [-0.2, -0.15) is 0 Å². The van der Waals surface area contributed by atoms with Gasteiger partial charge < -0.3 is 20.0 Å². The van der Waals surface area contributed by atoms with Crippen LogP contribution in [-0.4, -0.2) is 65.9 Å². The number of nitrogens with zero attached hydrogens (tertiary/aromatic N) is 3. The summed E-state index contributed by atoms with van der Waals surface area (Å²) in [7, 11) is 0. The van der Waals surface area contributed by atoms with Crippen molar-refractivity contribution in [1.82, 2.24) is 15.1 Å². The van der Waals surface area contributed by atoms with E-state index in [2.05, 4.69) is 26.1 Å². The van der Waals surface area contributed by atoms with E-state index in [1.165, 1.54) is 0 Å². The molecule has 0 unspecified atom stereocenters. The maximum absolute atomic E-state index is 13.9. The number of hydrogen-bond acceptors (Lipinski definition) is 4. The van der Waals surface area contributed by atoms with Crippen LogP contribution in [0.15, 0.2) is 77.3 Å². The van der Waals surface area contributed by atoms with Crippen LogP contribution in [0.1, 0.15) is 28.8 Å². The standard InChI is InChI=1S/C30H29BrCl2N4O3/c31-23-6-4-5-22(17-23)28(39)35-15-12-30(13-16-35)29(40)36(20-37(30)25-7-2-1-3-8-25)19-27(38)34-14-11-21-9-10-24(32)18-26(21)33/h1-10,17-18H,11-16,19-20H2,(H,34,38). The van der Waals surface area contributed by atoms with E-state index in [0.29, 0.717) is 61.2 Å². The Morgan fingerprint density at radius 2 is 1.70 bits per heavy atom. The van der Waals surface area contributed by atoms with E-state index in [9.17, 15) is 14.4 Å². The maximum Gasteiger partial charge on any atom is 0.253 e. The Morgan fingerprint density at radius 1 is 0.950 bits per heavy atom. The number of hydrogen-bond donors (Lipinski definition) is 1. The van der Waals surface area contributed by atoms with Gasteiger partial charge in [0.25, 0.3) is 11.8 Å². The number of benzene rings is 3. The van der Waals surface area contributed by atoms with Gasteiger partial charge in [0.1, 0.15) is 12.1 Å². The summed E-state index contributed by atoms with van der Waals surface area (Å²) in [6.45, 7) is 1.55. The Morgan fingerprint density at radius 3 is 2.40 bits per heavy atom. The van der Waals surface area contributed by atoms with Crippen molar-refractivity contribution >= 4 is 62.5 Å². The molecule has 7 nitrogen and oxygen atoms in total. The largest absolute Gasteiger partial charge is 0.354 e. The minimum absolute atomic E-state index is 0.0427. The highest BCUT2D eigenvalue weighted by Gasteiger charge is 2.54. The Bertz CT molecular complexity index is 1410. The van der Waals surface area contributed by atoms with Crippen molar-refractivity contribution in [1.29, 1.82) is 0 Å². The lowest BCUT2D eigenvalue weighted by atomic mass is 9.85. The highest BCUT2D eigenvalue weighted by molar-refractivity contribution is 9.10. The molecule has 0 aromatic heterocycles. The molecule has 208 valence electrons. The van der Waals surface area contributed by atoms with Crippen LogP contribution in [0.25, 0.3) is 0 Å². The average Bonchev–Trinajstić information content (AvgIpc) is 3.21. The van der Waals surface area contributed by atoms with Gasteiger partial charge in [-0.05, 0) is 67.3 Å². The molecule has 0 atom stereocenters. The van der Waals surface area contributed by atoms with Crippen LogP contribution in [0.2, 0.25) is 10.0 Å². The van der Waals surface area contributed by atoms with Crippen molar-refractivity contribution in [2.75, 3.05) is 37.7 Å². The fourth-order valence-electron chi connectivity index (χ4n) is 5.50. The van der Waals surface area contributed by atoms with Crippen molar-refractivity contribution < 1.29 is 14.4 Å². The van der Waals surface area contributed by atoms with Crippen LogP contribution >= 0.6 is 39.1 Å². The quantitative estimate of drug-likeness (QED) is 0.375. The molecule has 10 heteroatoms. The van der Waals surface area contributed by atoms with E-state index < -0.39 is 5.54 Å². The smallest absolute Gasteiger partial charge is 0.253 e. The van der Waals surface area contributed by atoms with E-state index >= 15 is 0 Å². The minimum atomic E-state index is -0.813. The number of anilines is 1. The van der Waals surface area contributed by atoms with E-state index in [-0.39, 0.29) is 24.3 Å². The third kappa shape index (κ3) is 5.99. The molecule has 0 aliphatic carbocycles. The number of carbonyl (C=O) groups is 3. The summed E-state index contributed by atoms with van der Waals surface area (Å²) in [4.78, 5) is 45.5. The molecule has 0 radical (unpaired) electrons. The first-order chi connectivity index (χ1) is 19.3. The molecular weight excluding hydrogens is 615 g/mol.